The highest BCUT2D eigenvalue weighted by molar-refractivity contribution is 6.09. The maximum absolute atomic E-state index is 12.4. The van der Waals surface area contributed by atoms with E-state index in [1.165, 1.54) is 12.8 Å². The number of aryl methyl sites for hydroxylation is 1. The van der Waals surface area contributed by atoms with Crippen molar-refractivity contribution in [3.63, 3.8) is 0 Å². The summed E-state index contributed by atoms with van der Waals surface area (Å²) in [4.78, 5) is 24.5. The average molecular weight is 308 g/mol. The van der Waals surface area contributed by atoms with Crippen LogP contribution in [0, 0.1) is 6.92 Å². The number of ketones is 2. The number of rotatable bonds is 8. The van der Waals surface area contributed by atoms with E-state index in [2.05, 4.69) is 6.92 Å². The fourth-order valence-corrected chi connectivity index (χ4v) is 2.54. The van der Waals surface area contributed by atoms with Crippen LogP contribution in [0.3, 0.4) is 0 Å². The summed E-state index contributed by atoms with van der Waals surface area (Å²) in [5.41, 5.74) is 3.12. The molecule has 0 unspecified atom stereocenters. The fraction of sp³-hybridized carbons (Fsp3) is 0.333. The van der Waals surface area contributed by atoms with Crippen molar-refractivity contribution in [3.05, 3.63) is 70.8 Å². The van der Waals surface area contributed by atoms with Crippen LogP contribution in [-0.2, 0) is 0 Å². The number of hydrogen-bond donors (Lipinski definition) is 0. The minimum Gasteiger partial charge on any atom is -0.294 e. The van der Waals surface area contributed by atoms with Gasteiger partial charge in [0.15, 0.2) is 11.6 Å². The van der Waals surface area contributed by atoms with E-state index in [1.54, 1.807) is 24.3 Å². The second-order valence-electron chi connectivity index (χ2n) is 6.01. The zero-order chi connectivity index (χ0) is 16.7. The fourth-order valence-electron chi connectivity index (χ4n) is 2.54. The molecule has 2 aromatic rings. The van der Waals surface area contributed by atoms with Gasteiger partial charge in [0.25, 0.3) is 0 Å². The molecule has 0 aliphatic heterocycles. The Morgan fingerprint density at radius 3 is 1.83 bits per heavy atom. The summed E-state index contributed by atoms with van der Waals surface area (Å²) >= 11 is 0. The summed E-state index contributed by atoms with van der Waals surface area (Å²) in [6.45, 7) is 4.15. The molecule has 0 bridgehead atoms. The third kappa shape index (κ3) is 4.88. The van der Waals surface area contributed by atoms with Gasteiger partial charge in [-0.1, -0.05) is 80.3 Å². The van der Waals surface area contributed by atoms with Crippen LogP contribution in [-0.4, -0.2) is 11.6 Å². The number of carbonyl (C=O) groups is 2. The highest BCUT2D eigenvalue weighted by Gasteiger charge is 2.10. The van der Waals surface area contributed by atoms with E-state index in [9.17, 15) is 9.59 Å². The summed E-state index contributed by atoms with van der Waals surface area (Å²) in [5.74, 6) is 0.155. The Labute approximate surface area is 138 Å². The molecule has 0 saturated carbocycles. The lowest BCUT2D eigenvalue weighted by Crippen LogP contribution is -2.03. The Kier molecular flexibility index (Phi) is 6.28. The Morgan fingerprint density at radius 2 is 1.26 bits per heavy atom. The first-order valence-corrected chi connectivity index (χ1v) is 8.36. The van der Waals surface area contributed by atoms with Gasteiger partial charge in [-0.05, 0) is 13.3 Å². The van der Waals surface area contributed by atoms with Gasteiger partial charge in [-0.3, -0.25) is 9.59 Å². The molecule has 0 N–H and O–H groups in total. The Balaban J connectivity index is 2.00. The van der Waals surface area contributed by atoms with Gasteiger partial charge in [-0.2, -0.15) is 0 Å². The van der Waals surface area contributed by atoms with Crippen LogP contribution in [0.4, 0.5) is 0 Å². The SMILES string of the molecule is CCCCCCC(=O)c1ccc(C(=O)c2ccc(C)cc2)cc1. The van der Waals surface area contributed by atoms with Crippen LogP contribution in [0.2, 0.25) is 0 Å². The zero-order valence-electron chi connectivity index (χ0n) is 14.0. The summed E-state index contributed by atoms with van der Waals surface area (Å²) < 4.78 is 0. The molecule has 2 aromatic carbocycles. The molecule has 0 heterocycles. The minimum absolute atomic E-state index is 0.00746. The highest BCUT2D eigenvalue weighted by atomic mass is 16.1. The smallest absolute Gasteiger partial charge is 0.193 e. The van der Waals surface area contributed by atoms with E-state index in [0.717, 1.165) is 18.4 Å². The summed E-state index contributed by atoms with van der Waals surface area (Å²) in [7, 11) is 0. The van der Waals surface area contributed by atoms with Crippen molar-refractivity contribution in [2.45, 2.75) is 46.0 Å². The number of hydrogen-bond acceptors (Lipinski definition) is 2. The first-order chi connectivity index (χ1) is 11.1. The molecular formula is C21H24O2. The van der Waals surface area contributed by atoms with Gasteiger partial charge in [-0.25, -0.2) is 0 Å². The first-order valence-electron chi connectivity index (χ1n) is 8.36. The Hall–Kier alpha value is -2.22. The molecule has 23 heavy (non-hydrogen) atoms. The van der Waals surface area contributed by atoms with Crippen LogP contribution in [0.25, 0.3) is 0 Å². The Bertz CT molecular complexity index is 651. The van der Waals surface area contributed by atoms with E-state index >= 15 is 0 Å². The monoisotopic (exact) mass is 308 g/mol. The lowest BCUT2D eigenvalue weighted by molar-refractivity contribution is 0.0977. The topological polar surface area (TPSA) is 34.1 Å². The van der Waals surface area contributed by atoms with E-state index in [1.807, 2.05) is 31.2 Å². The van der Waals surface area contributed by atoms with Crippen LogP contribution < -0.4 is 0 Å². The van der Waals surface area contributed by atoms with Gasteiger partial charge in [-0.15, -0.1) is 0 Å². The van der Waals surface area contributed by atoms with Gasteiger partial charge in [0.1, 0.15) is 0 Å². The second-order valence-corrected chi connectivity index (χ2v) is 6.01. The van der Waals surface area contributed by atoms with Crippen LogP contribution in [0.15, 0.2) is 48.5 Å². The molecule has 0 amide bonds. The number of benzene rings is 2. The van der Waals surface area contributed by atoms with Crippen molar-refractivity contribution in [2.75, 3.05) is 0 Å². The molecule has 0 aromatic heterocycles. The van der Waals surface area contributed by atoms with Crippen molar-refractivity contribution < 1.29 is 9.59 Å². The lowest BCUT2D eigenvalue weighted by Gasteiger charge is -2.04. The molecule has 0 spiro atoms. The minimum atomic E-state index is -0.00746. The van der Waals surface area contributed by atoms with Crippen molar-refractivity contribution >= 4 is 11.6 Å². The van der Waals surface area contributed by atoms with E-state index < -0.39 is 0 Å². The predicted molar refractivity (Wildman–Crippen MR) is 94.1 cm³/mol. The summed E-state index contributed by atoms with van der Waals surface area (Å²) in [6, 6.07) is 14.6. The van der Waals surface area contributed by atoms with Crippen molar-refractivity contribution in [2.24, 2.45) is 0 Å². The summed E-state index contributed by atoms with van der Waals surface area (Å²) in [6.07, 6.45) is 4.98. The van der Waals surface area contributed by atoms with Gasteiger partial charge in [0.05, 0.1) is 0 Å². The largest absolute Gasteiger partial charge is 0.294 e. The predicted octanol–water partition coefficient (Wildman–Crippen LogP) is 5.38. The average Bonchev–Trinajstić information content (AvgIpc) is 2.59. The van der Waals surface area contributed by atoms with E-state index in [-0.39, 0.29) is 11.6 Å². The third-order valence-corrected chi connectivity index (χ3v) is 4.04. The van der Waals surface area contributed by atoms with Crippen LogP contribution in [0.1, 0.15) is 70.9 Å². The lowest BCUT2D eigenvalue weighted by atomic mass is 9.99. The highest BCUT2D eigenvalue weighted by Crippen LogP contribution is 2.14. The standard InChI is InChI=1S/C21H24O2/c1-3-4-5-6-7-20(22)17-12-14-19(15-13-17)21(23)18-10-8-16(2)9-11-18/h8-15H,3-7H2,1-2H3. The normalized spacial score (nSPS) is 10.5. The number of unbranched alkanes of at least 4 members (excludes halogenated alkanes) is 3. The number of Topliss-reactive ketones (excluding diaryl/α,β-unsaturated/α-hetero) is 1. The molecule has 0 fully saturated rings. The van der Waals surface area contributed by atoms with E-state index in [4.69, 9.17) is 0 Å². The van der Waals surface area contributed by atoms with Gasteiger partial charge in [0.2, 0.25) is 0 Å². The molecule has 0 aliphatic carbocycles. The third-order valence-electron chi connectivity index (χ3n) is 4.04. The molecular weight excluding hydrogens is 284 g/mol. The second kappa shape index (κ2) is 8.42. The van der Waals surface area contributed by atoms with Gasteiger partial charge in [0, 0.05) is 23.1 Å². The Morgan fingerprint density at radius 1 is 0.739 bits per heavy atom. The quantitative estimate of drug-likeness (QED) is 0.484. The van der Waals surface area contributed by atoms with Gasteiger partial charge >= 0.3 is 0 Å². The summed E-state index contributed by atoms with van der Waals surface area (Å²) in [5, 5.41) is 0. The molecule has 0 saturated heterocycles. The molecule has 0 atom stereocenters. The number of carbonyl (C=O) groups excluding carboxylic acids is 2. The van der Waals surface area contributed by atoms with Crippen LogP contribution in [0.5, 0.6) is 0 Å². The molecule has 0 radical (unpaired) electrons. The maximum Gasteiger partial charge on any atom is 0.193 e. The maximum atomic E-state index is 12.4. The molecule has 2 nitrogen and oxygen atoms in total. The van der Waals surface area contributed by atoms with Crippen molar-refractivity contribution in [1.29, 1.82) is 0 Å². The van der Waals surface area contributed by atoms with Crippen molar-refractivity contribution in [3.8, 4) is 0 Å². The van der Waals surface area contributed by atoms with E-state index in [0.29, 0.717) is 23.1 Å². The van der Waals surface area contributed by atoms with Crippen LogP contribution >= 0.6 is 0 Å². The first kappa shape index (κ1) is 17.1. The van der Waals surface area contributed by atoms with Crippen molar-refractivity contribution in [1.82, 2.24) is 0 Å². The molecule has 120 valence electrons. The van der Waals surface area contributed by atoms with Gasteiger partial charge < -0.3 is 0 Å². The molecule has 0 aliphatic rings. The zero-order valence-corrected chi connectivity index (χ0v) is 14.0. The molecule has 2 rings (SSSR count). The molecule has 2 heteroatoms.